The van der Waals surface area contributed by atoms with E-state index in [0.29, 0.717) is 12.5 Å². The molecule has 1 N–H and O–H groups in total. The van der Waals surface area contributed by atoms with E-state index in [1.165, 1.54) is 0 Å². The van der Waals surface area contributed by atoms with Gasteiger partial charge in [0.15, 0.2) is 0 Å². The predicted molar refractivity (Wildman–Crippen MR) is 66.6 cm³/mol. The summed E-state index contributed by atoms with van der Waals surface area (Å²) >= 11 is 0. The molecule has 0 saturated carbocycles. The van der Waals surface area contributed by atoms with Crippen molar-refractivity contribution in [2.75, 3.05) is 20.1 Å². The molecule has 1 aliphatic rings. The quantitative estimate of drug-likeness (QED) is 0.841. The van der Waals surface area contributed by atoms with Gasteiger partial charge in [0.25, 0.3) is 0 Å². The Balaban J connectivity index is 1.78. The van der Waals surface area contributed by atoms with Gasteiger partial charge in [-0.15, -0.1) is 0 Å². The van der Waals surface area contributed by atoms with Crippen LogP contribution in [0.2, 0.25) is 0 Å². The number of pyridine rings is 1. The Kier molecular flexibility index (Phi) is 4.09. The van der Waals surface area contributed by atoms with Gasteiger partial charge >= 0.3 is 0 Å². The number of hydrogen-bond acceptors (Lipinski definition) is 3. The number of nitrogens with zero attached hydrogens (tertiary/aromatic N) is 2. The maximum absolute atomic E-state index is 11.8. The fraction of sp³-hybridized carbons (Fsp3) is 0.538. The molecular formula is C13H19N3O. The van der Waals surface area contributed by atoms with Crippen molar-refractivity contribution in [3.63, 3.8) is 0 Å². The normalized spacial score (nSPS) is 17.9. The van der Waals surface area contributed by atoms with Crippen molar-refractivity contribution >= 4 is 5.91 Å². The summed E-state index contributed by atoms with van der Waals surface area (Å²) in [7, 11) is 2.12. The van der Waals surface area contributed by atoms with Crippen LogP contribution in [0.5, 0.6) is 0 Å². The van der Waals surface area contributed by atoms with Gasteiger partial charge in [-0.1, -0.05) is 6.07 Å². The molecule has 0 radical (unpaired) electrons. The van der Waals surface area contributed by atoms with Crippen molar-refractivity contribution in [1.82, 2.24) is 15.2 Å². The monoisotopic (exact) mass is 233 g/mol. The number of amides is 1. The van der Waals surface area contributed by atoms with Crippen molar-refractivity contribution in [3.05, 3.63) is 30.1 Å². The number of aromatic nitrogens is 1. The second-order valence-electron chi connectivity index (χ2n) is 4.64. The first-order valence-electron chi connectivity index (χ1n) is 6.12. The summed E-state index contributed by atoms with van der Waals surface area (Å²) in [5, 5.41) is 3.08. The molecule has 1 amide bonds. The highest BCUT2D eigenvalue weighted by molar-refractivity contribution is 5.78. The summed E-state index contributed by atoms with van der Waals surface area (Å²) < 4.78 is 0. The van der Waals surface area contributed by atoms with E-state index in [2.05, 4.69) is 22.2 Å². The number of carbonyl (C=O) groups excluding carboxylic acids is 1. The summed E-state index contributed by atoms with van der Waals surface area (Å²) in [5.41, 5.74) is 0.831. The second-order valence-corrected chi connectivity index (χ2v) is 4.64. The fourth-order valence-electron chi connectivity index (χ4n) is 2.10. The Bertz CT molecular complexity index is 358. The molecule has 0 aliphatic carbocycles. The van der Waals surface area contributed by atoms with E-state index in [4.69, 9.17) is 0 Å². The van der Waals surface area contributed by atoms with Gasteiger partial charge < -0.3 is 10.2 Å². The van der Waals surface area contributed by atoms with E-state index in [1.54, 1.807) is 6.20 Å². The van der Waals surface area contributed by atoms with E-state index < -0.39 is 0 Å². The predicted octanol–water partition coefficient (Wildman–Crippen LogP) is 0.834. The number of hydrogen-bond donors (Lipinski definition) is 1. The molecule has 0 bridgehead atoms. The van der Waals surface area contributed by atoms with E-state index >= 15 is 0 Å². The van der Waals surface area contributed by atoms with E-state index in [9.17, 15) is 4.79 Å². The molecule has 0 aromatic carbocycles. The lowest BCUT2D eigenvalue weighted by Crippen LogP contribution is -2.43. The first-order chi connectivity index (χ1) is 8.24. The van der Waals surface area contributed by atoms with Crippen LogP contribution in [0.1, 0.15) is 18.5 Å². The van der Waals surface area contributed by atoms with Gasteiger partial charge in [0.1, 0.15) is 0 Å². The Morgan fingerprint density at radius 2 is 2.24 bits per heavy atom. The van der Waals surface area contributed by atoms with Crippen molar-refractivity contribution < 1.29 is 4.79 Å². The standard InChI is InChI=1S/C13H19N3O/c1-16-8-5-11(6-9-16)15-13(17)10-12-4-2-3-7-14-12/h2-4,7,11H,5-6,8-10H2,1H3,(H,15,17). The van der Waals surface area contributed by atoms with Crippen LogP contribution in [-0.2, 0) is 11.2 Å². The Hall–Kier alpha value is -1.42. The van der Waals surface area contributed by atoms with E-state index in [-0.39, 0.29) is 5.91 Å². The zero-order valence-corrected chi connectivity index (χ0v) is 10.2. The lowest BCUT2D eigenvalue weighted by Gasteiger charge is -2.29. The minimum atomic E-state index is 0.0817. The second kappa shape index (κ2) is 5.77. The number of carbonyl (C=O) groups is 1. The van der Waals surface area contributed by atoms with Crippen LogP contribution in [0.25, 0.3) is 0 Å². The first-order valence-corrected chi connectivity index (χ1v) is 6.12. The van der Waals surface area contributed by atoms with Gasteiger partial charge in [-0.2, -0.15) is 0 Å². The Labute approximate surface area is 102 Å². The number of rotatable bonds is 3. The first kappa shape index (κ1) is 12.0. The Morgan fingerprint density at radius 1 is 1.47 bits per heavy atom. The number of piperidine rings is 1. The molecule has 0 atom stereocenters. The third-order valence-corrected chi connectivity index (χ3v) is 3.15. The van der Waals surface area contributed by atoms with E-state index in [0.717, 1.165) is 31.6 Å². The molecular weight excluding hydrogens is 214 g/mol. The zero-order chi connectivity index (χ0) is 12.1. The molecule has 1 aromatic heterocycles. The molecule has 1 fully saturated rings. The summed E-state index contributed by atoms with van der Waals surface area (Å²) in [6.45, 7) is 2.13. The van der Waals surface area contributed by atoms with Crippen LogP contribution < -0.4 is 5.32 Å². The SMILES string of the molecule is CN1CCC(NC(=O)Cc2ccccn2)CC1. The van der Waals surface area contributed by atoms with Crippen LogP contribution in [0.3, 0.4) is 0 Å². The molecule has 92 valence electrons. The van der Waals surface area contributed by atoms with Gasteiger partial charge in [-0.3, -0.25) is 9.78 Å². The average Bonchev–Trinajstić information content (AvgIpc) is 2.33. The highest BCUT2D eigenvalue weighted by Gasteiger charge is 2.18. The fourth-order valence-corrected chi connectivity index (χ4v) is 2.10. The largest absolute Gasteiger partial charge is 0.353 e. The maximum Gasteiger partial charge on any atom is 0.226 e. The van der Waals surface area contributed by atoms with Gasteiger partial charge in [0, 0.05) is 17.9 Å². The minimum absolute atomic E-state index is 0.0817. The van der Waals surface area contributed by atoms with Crippen molar-refractivity contribution in [3.8, 4) is 0 Å². The smallest absolute Gasteiger partial charge is 0.226 e. The lowest BCUT2D eigenvalue weighted by molar-refractivity contribution is -0.121. The molecule has 4 nitrogen and oxygen atoms in total. The number of nitrogens with one attached hydrogen (secondary N) is 1. The lowest BCUT2D eigenvalue weighted by atomic mass is 10.1. The highest BCUT2D eigenvalue weighted by atomic mass is 16.1. The van der Waals surface area contributed by atoms with Gasteiger partial charge in [-0.05, 0) is 45.1 Å². The van der Waals surface area contributed by atoms with Gasteiger partial charge in [0.2, 0.25) is 5.91 Å². The minimum Gasteiger partial charge on any atom is -0.353 e. The van der Waals surface area contributed by atoms with Crippen LogP contribution in [-0.4, -0.2) is 42.0 Å². The third kappa shape index (κ3) is 3.82. The van der Waals surface area contributed by atoms with Crippen LogP contribution in [0.15, 0.2) is 24.4 Å². The third-order valence-electron chi connectivity index (χ3n) is 3.15. The Morgan fingerprint density at radius 3 is 2.88 bits per heavy atom. The zero-order valence-electron chi connectivity index (χ0n) is 10.2. The molecule has 1 aliphatic heterocycles. The summed E-state index contributed by atoms with van der Waals surface area (Å²) in [5.74, 6) is 0.0817. The molecule has 17 heavy (non-hydrogen) atoms. The van der Waals surface area contributed by atoms with Crippen molar-refractivity contribution in [1.29, 1.82) is 0 Å². The molecule has 4 heteroatoms. The molecule has 1 aromatic rings. The molecule has 1 saturated heterocycles. The van der Waals surface area contributed by atoms with Crippen molar-refractivity contribution in [2.24, 2.45) is 0 Å². The van der Waals surface area contributed by atoms with Gasteiger partial charge in [-0.25, -0.2) is 0 Å². The average molecular weight is 233 g/mol. The summed E-state index contributed by atoms with van der Waals surface area (Å²) in [6.07, 6.45) is 4.19. The molecule has 2 rings (SSSR count). The topological polar surface area (TPSA) is 45.2 Å². The van der Waals surface area contributed by atoms with Gasteiger partial charge in [0.05, 0.1) is 6.42 Å². The molecule has 0 unspecified atom stereocenters. The molecule has 0 spiro atoms. The van der Waals surface area contributed by atoms with E-state index in [1.807, 2.05) is 18.2 Å². The van der Waals surface area contributed by atoms with Crippen LogP contribution in [0.4, 0.5) is 0 Å². The maximum atomic E-state index is 11.8. The van der Waals surface area contributed by atoms with Crippen LogP contribution >= 0.6 is 0 Å². The van der Waals surface area contributed by atoms with Crippen LogP contribution in [0, 0.1) is 0 Å². The highest BCUT2D eigenvalue weighted by Crippen LogP contribution is 2.08. The number of likely N-dealkylation sites (tertiary alicyclic amines) is 1. The molecule has 2 heterocycles. The summed E-state index contributed by atoms with van der Waals surface area (Å²) in [4.78, 5) is 18.2. The van der Waals surface area contributed by atoms with Crippen molar-refractivity contribution in [2.45, 2.75) is 25.3 Å². The summed E-state index contributed by atoms with van der Waals surface area (Å²) in [6, 6.07) is 5.99.